The first-order valence-corrected chi connectivity index (χ1v) is 5.20. The quantitative estimate of drug-likeness (QED) is 0.811. The molecule has 2 N–H and O–H groups in total. The zero-order valence-electron chi connectivity index (χ0n) is 9.27. The van der Waals surface area contributed by atoms with E-state index in [0.29, 0.717) is 5.69 Å². The number of aromatic nitrogens is 2. The van der Waals surface area contributed by atoms with Gasteiger partial charge in [0.25, 0.3) is 0 Å². The SMILES string of the molecule is CC(C)n1c(O)c(-c2ccccc2)[nH]c1=O. The summed E-state index contributed by atoms with van der Waals surface area (Å²) >= 11 is 0. The van der Waals surface area contributed by atoms with Crippen LogP contribution in [0.25, 0.3) is 11.3 Å². The minimum atomic E-state index is -0.286. The molecule has 0 aliphatic heterocycles. The zero-order valence-corrected chi connectivity index (χ0v) is 9.27. The molecule has 4 heteroatoms. The summed E-state index contributed by atoms with van der Waals surface area (Å²) in [5, 5.41) is 9.97. The molecule has 16 heavy (non-hydrogen) atoms. The third kappa shape index (κ3) is 1.62. The van der Waals surface area contributed by atoms with Gasteiger partial charge in [0.1, 0.15) is 5.69 Å². The number of rotatable bonds is 2. The monoisotopic (exact) mass is 218 g/mol. The molecule has 4 nitrogen and oxygen atoms in total. The molecule has 1 heterocycles. The van der Waals surface area contributed by atoms with E-state index in [9.17, 15) is 9.90 Å². The van der Waals surface area contributed by atoms with Gasteiger partial charge >= 0.3 is 5.69 Å². The topological polar surface area (TPSA) is 58.0 Å². The Bertz CT molecular complexity index is 538. The summed E-state index contributed by atoms with van der Waals surface area (Å²) in [5.41, 5.74) is 0.988. The third-order valence-electron chi connectivity index (χ3n) is 2.48. The number of H-pyrrole nitrogens is 1. The van der Waals surface area contributed by atoms with Crippen molar-refractivity contribution in [2.45, 2.75) is 19.9 Å². The highest BCUT2D eigenvalue weighted by molar-refractivity contribution is 5.64. The average Bonchev–Trinajstić information content (AvgIpc) is 2.55. The molecule has 2 rings (SSSR count). The van der Waals surface area contributed by atoms with Crippen LogP contribution in [0.5, 0.6) is 5.88 Å². The maximum Gasteiger partial charge on any atom is 0.329 e. The van der Waals surface area contributed by atoms with Gasteiger partial charge in [-0.05, 0) is 13.8 Å². The predicted octanol–water partition coefficient (Wildman–Crippen LogP) is 2.13. The fraction of sp³-hybridized carbons (Fsp3) is 0.250. The van der Waals surface area contributed by atoms with E-state index in [1.165, 1.54) is 4.57 Å². The van der Waals surface area contributed by atoms with Crippen LogP contribution in [0.15, 0.2) is 35.1 Å². The molecule has 0 fully saturated rings. The highest BCUT2D eigenvalue weighted by Gasteiger charge is 2.15. The van der Waals surface area contributed by atoms with E-state index in [1.807, 2.05) is 44.2 Å². The van der Waals surface area contributed by atoms with Gasteiger partial charge in [0.2, 0.25) is 5.88 Å². The van der Waals surface area contributed by atoms with Gasteiger partial charge in [-0.2, -0.15) is 0 Å². The molecule has 0 bridgehead atoms. The highest BCUT2D eigenvalue weighted by atomic mass is 16.3. The number of aromatic amines is 1. The lowest BCUT2D eigenvalue weighted by Gasteiger charge is -2.06. The fourth-order valence-electron chi connectivity index (χ4n) is 1.72. The van der Waals surface area contributed by atoms with Gasteiger partial charge in [0, 0.05) is 11.6 Å². The molecule has 0 saturated heterocycles. The van der Waals surface area contributed by atoms with Gasteiger partial charge in [-0.3, -0.25) is 4.57 Å². The van der Waals surface area contributed by atoms with Crippen molar-refractivity contribution >= 4 is 0 Å². The molecule has 0 radical (unpaired) electrons. The lowest BCUT2D eigenvalue weighted by Crippen LogP contribution is -2.18. The van der Waals surface area contributed by atoms with Crippen molar-refractivity contribution in [1.82, 2.24) is 9.55 Å². The molecule has 0 aliphatic carbocycles. The maximum absolute atomic E-state index is 11.6. The van der Waals surface area contributed by atoms with Gasteiger partial charge in [-0.25, -0.2) is 4.79 Å². The van der Waals surface area contributed by atoms with Gasteiger partial charge in [-0.15, -0.1) is 0 Å². The largest absolute Gasteiger partial charge is 0.493 e. The fourth-order valence-corrected chi connectivity index (χ4v) is 1.72. The molecule has 1 aromatic heterocycles. The lowest BCUT2D eigenvalue weighted by atomic mass is 10.2. The van der Waals surface area contributed by atoms with E-state index in [0.717, 1.165) is 5.56 Å². The number of hydrogen-bond donors (Lipinski definition) is 2. The Morgan fingerprint density at radius 3 is 2.38 bits per heavy atom. The zero-order chi connectivity index (χ0) is 11.7. The summed E-state index contributed by atoms with van der Waals surface area (Å²) in [6.45, 7) is 3.70. The molecule has 1 aromatic carbocycles. The van der Waals surface area contributed by atoms with E-state index >= 15 is 0 Å². The summed E-state index contributed by atoms with van der Waals surface area (Å²) in [6, 6.07) is 9.23. The smallest absolute Gasteiger partial charge is 0.329 e. The first-order valence-electron chi connectivity index (χ1n) is 5.20. The first kappa shape index (κ1) is 10.5. The number of hydrogen-bond acceptors (Lipinski definition) is 2. The Morgan fingerprint density at radius 1 is 1.25 bits per heavy atom. The third-order valence-corrected chi connectivity index (χ3v) is 2.48. The van der Waals surface area contributed by atoms with Crippen molar-refractivity contribution in [3.8, 4) is 17.1 Å². The van der Waals surface area contributed by atoms with Crippen LogP contribution in [0.1, 0.15) is 19.9 Å². The number of nitrogens with zero attached hydrogens (tertiary/aromatic N) is 1. The minimum Gasteiger partial charge on any atom is -0.493 e. The molecular formula is C12H14N2O2. The van der Waals surface area contributed by atoms with Crippen molar-refractivity contribution in [2.24, 2.45) is 0 Å². The average molecular weight is 218 g/mol. The second kappa shape index (κ2) is 3.89. The van der Waals surface area contributed by atoms with Crippen LogP contribution >= 0.6 is 0 Å². The Hall–Kier alpha value is -1.97. The van der Waals surface area contributed by atoms with Crippen molar-refractivity contribution in [3.63, 3.8) is 0 Å². The maximum atomic E-state index is 11.6. The second-order valence-electron chi connectivity index (χ2n) is 3.96. The van der Waals surface area contributed by atoms with E-state index in [2.05, 4.69) is 4.98 Å². The standard InChI is InChI=1S/C12H14N2O2/c1-8(2)14-11(15)10(13-12(14)16)9-6-4-3-5-7-9/h3-8,15H,1-2H3,(H,13,16). The van der Waals surface area contributed by atoms with Crippen molar-refractivity contribution in [1.29, 1.82) is 0 Å². The minimum absolute atomic E-state index is 0.00815. The summed E-state index contributed by atoms with van der Waals surface area (Å²) < 4.78 is 1.34. The van der Waals surface area contributed by atoms with Crippen LogP contribution in [0, 0.1) is 0 Å². The van der Waals surface area contributed by atoms with E-state index < -0.39 is 0 Å². The summed E-state index contributed by atoms with van der Waals surface area (Å²) in [5.74, 6) is -0.00815. The number of aromatic hydroxyl groups is 1. The van der Waals surface area contributed by atoms with Gasteiger partial charge < -0.3 is 10.1 Å². The van der Waals surface area contributed by atoms with Gasteiger partial charge in [-0.1, -0.05) is 30.3 Å². The van der Waals surface area contributed by atoms with E-state index in [1.54, 1.807) is 0 Å². The van der Waals surface area contributed by atoms with Crippen LogP contribution in [-0.4, -0.2) is 14.7 Å². The van der Waals surface area contributed by atoms with Crippen LogP contribution in [0.4, 0.5) is 0 Å². The molecule has 0 saturated carbocycles. The molecule has 0 atom stereocenters. The van der Waals surface area contributed by atoms with Gasteiger partial charge in [0.15, 0.2) is 0 Å². The summed E-state index contributed by atoms with van der Waals surface area (Å²) in [4.78, 5) is 14.3. The van der Waals surface area contributed by atoms with Crippen molar-refractivity contribution < 1.29 is 5.11 Å². The second-order valence-corrected chi connectivity index (χ2v) is 3.96. The summed E-state index contributed by atoms with van der Waals surface area (Å²) in [7, 11) is 0. The number of benzene rings is 1. The van der Waals surface area contributed by atoms with Gasteiger partial charge in [0.05, 0.1) is 0 Å². The van der Waals surface area contributed by atoms with Crippen LogP contribution in [-0.2, 0) is 0 Å². The molecular weight excluding hydrogens is 204 g/mol. The molecule has 84 valence electrons. The Morgan fingerprint density at radius 2 is 1.88 bits per heavy atom. The van der Waals surface area contributed by atoms with Crippen LogP contribution < -0.4 is 5.69 Å². The Balaban J connectivity index is 2.61. The van der Waals surface area contributed by atoms with E-state index in [4.69, 9.17) is 0 Å². The highest BCUT2D eigenvalue weighted by Crippen LogP contribution is 2.27. The lowest BCUT2D eigenvalue weighted by molar-refractivity contribution is 0.397. The number of imidazole rings is 1. The van der Waals surface area contributed by atoms with Crippen molar-refractivity contribution in [3.05, 3.63) is 40.8 Å². The molecule has 0 aliphatic rings. The predicted molar refractivity (Wildman–Crippen MR) is 62.5 cm³/mol. The van der Waals surface area contributed by atoms with Crippen molar-refractivity contribution in [2.75, 3.05) is 0 Å². The van der Waals surface area contributed by atoms with E-state index in [-0.39, 0.29) is 17.6 Å². The van der Waals surface area contributed by atoms with Crippen LogP contribution in [0.3, 0.4) is 0 Å². The Kier molecular flexibility index (Phi) is 2.56. The first-order chi connectivity index (χ1) is 7.61. The number of nitrogens with one attached hydrogen (secondary N) is 1. The molecule has 0 amide bonds. The molecule has 0 unspecified atom stereocenters. The normalized spacial score (nSPS) is 10.9. The molecule has 0 spiro atoms. The van der Waals surface area contributed by atoms with Crippen LogP contribution in [0.2, 0.25) is 0 Å². The Labute approximate surface area is 93.2 Å². The molecule has 2 aromatic rings. The summed E-state index contributed by atoms with van der Waals surface area (Å²) in [6.07, 6.45) is 0.